The molecule has 146 valence electrons. The van der Waals surface area contributed by atoms with Crippen molar-refractivity contribution in [2.45, 2.75) is 6.54 Å². The lowest BCUT2D eigenvalue weighted by atomic mass is 10.1. The van der Waals surface area contributed by atoms with Crippen LogP contribution in [0.3, 0.4) is 0 Å². The molecule has 0 unspecified atom stereocenters. The highest BCUT2D eigenvalue weighted by Gasteiger charge is 2.26. The van der Waals surface area contributed by atoms with Crippen molar-refractivity contribution >= 4 is 46.4 Å². The Kier molecular flexibility index (Phi) is 5.43. The Balaban J connectivity index is 1.62. The van der Waals surface area contributed by atoms with E-state index in [1.54, 1.807) is 53.4 Å². The van der Waals surface area contributed by atoms with E-state index < -0.39 is 0 Å². The molecule has 1 aliphatic heterocycles. The molecule has 3 aromatic carbocycles. The van der Waals surface area contributed by atoms with Crippen molar-refractivity contribution < 1.29 is 14.3 Å². The van der Waals surface area contributed by atoms with Crippen LogP contribution < -0.4 is 15.0 Å². The van der Waals surface area contributed by atoms with Crippen LogP contribution in [0.1, 0.15) is 15.9 Å². The van der Waals surface area contributed by atoms with Gasteiger partial charge in [0.05, 0.1) is 12.2 Å². The van der Waals surface area contributed by atoms with E-state index in [9.17, 15) is 9.59 Å². The fraction of sp³-hybridized carbons (Fsp3) is 0.0909. The van der Waals surface area contributed by atoms with Crippen LogP contribution >= 0.6 is 23.2 Å². The van der Waals surface area contributed by atoms with Crippen molar-refractivity contribution in [2.75, 3.05) is 16.8 Å². The lowest BCUT2D eigenvalue weighted by molar-refractivity contribution is -0.121. The molecule has 0 aliphatic carbocycles. The Bertz CT molecular complexity index is 1100. The standard InChI is InChI=1S/C22H16Cl2N2O3/c23-16-6-3-5-14(10-16)22(28)25-17-8-9-20-19(11-17)26(21(27)13-29-20)12-15-4-1-2-7-18(15)24/h1-11H,12-13H2,(H,25,28). The van der Waals surface area contributed by atoms with Crippen molar-refractivity contribution in [3.63, 3.8) is 0 Å². The van der Waals surface area contributed by atoms with Gasteiger partial charge >= 0.3 is 0 Å². The number of carbonyl (C=O) groups excluding carboxylic acids is 2. The molecule has 1 N–H and O–H groups in total. The topological polar surface area (TPSA) is 58.6 Å². The second kappa shape index (κ2) is 8.15. The van der Waals surface area contributed by atoms with Gasteiger partial charge in [0.25, 0.3) is 11.8 Å². The summed E-state index contributed by atoms with van der Waals surface area (Å²) in [5.74, 6) is 0.0845. The van der Waals surface area contributed by atoms with E-state index in [1.165, 1.54) is 0 Å². The summed E-state index contributed by atoms with van der Waals surface area (Å²) in [6.45, 7) is 0.256. The SMILES string of the molecule is O=C(Nc1ccc2c(c1)N(Cc1ccccc1Cl)C(=O)CO2)c1cccc(Cl)c1. The smallest absolute Gasteiger partial charge is 0.265 e. The number of ether oxygens (including phenoxy) is 1. The molecule has 0 saturated carbocycles. The Morgan fingerprint density at radius 3 is 2.66 bits per heavy atom. The second-order valence-corrected chi connectivity index (χ2v) is 7.35. The minimum Gasteiger partial charge on any atom is -0.482 e. The Hall–Kier alpha value is -3.02. The van der Waals surface area contributed by atoms with Gasteiger partial charge in [-0.3, -0.25) is 9.59 Å². The number of nitrogens with zero attached hydrogens (tertiary/aromatic N) is 1. The third-order valence-corrected chi connectivity index (χ3v) is 5.14. The maximum atomic E-state index is 12.5. The Morgan fingerprint density at radius 1 is 1.03 bits per heavy atom. The molecule has 0 bridgehead atoms. The molecule has 1 heterocycles. The van der Waals surface area contributed by atoms with Crippen molar-refractivity contribution in [2.24, 2.45) is 0 Å². The summed E-state index contributed by atoms with van der Waals surface area (Å²) >= 11 is 12.2. The molecule has 3 aromatic rings. The van der Waals surface area contributed by atoms with E-state index >= 15 is 0 Å². The monoisotopic (exact) mass is 426 g/mol. The zero-order valence-electron chi connectivity index (χ0n) is 15.2. The van der Waals surface area contributed by atoms with Gasteiger partial charge in [0, 0.05) is 21.3 Å². The quantitative estimate of drug-likeness (QED) is 0.625. The fourth-order valence-corrected chi connectivity index (χ4v) is 3.47. The minimum absolute atomic E-state index is 0.0499. The Morgan fingerprint density at radius 2 is 1.86 bits per heavy atom. The summed E-state index contributed by atoms with van der Waals surface area (Å²) < 4.78 is 5.54. The lowest BCUT2D eigenvalue weighted by Crippen LogP contribution is -2.38. The highest BCUT2D eigenvalue weighted by Crippen LogP contribution is 2.36. The molecule has 4 rings (SSSR count). The van der Waals surface area contributed by atoms with E-state index in [2.05, 4.69) is 5.32 Å². The highest BCUT2D eigenvalue weighted by atomic mass is 35.5. The number of carbonyl (C=O) groups is 2. The van der Waals surface area contributed by atoms with Crippen LogP contribution in [0.15, 0.2) is 66.7 Å². The van der Waals surface area contributed by atoms with Crippen LogP contribution in [0.5, 0.6) is 5.75 Å². The number of nitrogens with one attached hydrogen (secondary N) is 1. The lowest BCUT2D eigenvalue weighted by Gasteiger charge is -2.30. The molecular formula is C22H16Cl2N2O3. The summed E-state index contributed by atoms with van der Waals surface area (Å²) in [5.41, 5.74) is 2.38. The van der Waals surface area contributed by atoms with Gasteiger partial charge < -0.3 is 15.0 Å². The third-order valence-electron chi connectivity index (χ3n) is 4.53. The van der Waals surface area contributed by atoms with E-state index in [-0.39, 0.29) is 18.4 Å². The molecule has 2 amide bonds. The largest absolute Gasteiger partial charge is 0.482 e. The molecular weight excluding hydrogens is 411 g/mol. The van der Waals surface area contributed by atoms with Crippen LogP contribution in [-0.4, -0.2) is 18.4 Å². The van der Waals surface area contributed by atoms with Gasteiger partial charge in [0.15, 0.2) is 6.61 Å². The zero-order valence-corrected chi connectivity index (χ0v) is 16.7. The van der Waals surface area contributed by atoms with Crippen molar-refractivity contribution in [1.82, 2.24) is 0 Å². The third kappa shape index (κ3) is 4.21. The molecule has 29 heavy (non-hydrogen) atoms. The number of benzene rings is 3. The first-order valence-electron chi connectivity index (χ1n) is 8.89. The molecule has 0 saturated heterocycles. The molecule has 0 spiro atoms. The zero-order chi connectivity index (χ0) is 20.4. The second-order valence-electron chi connectivity index (χ2n) is 6.51. The van der Waals surface area contributed by atoms with Gasteiger partial charge in [-0.05, 0) is 48.0 Å². The van der Waals surface area contributed by atoms with Crippen LogP contribution in [0.25, 0.3) is 0 Å². The summed E-state index contributed by atoms with van der Waals surface area (Å²) in [4.78, 5) is 26.6. The maximum Gasteiger partial charge on any atom is 0.265 e. The van der Waals surface area contributed by atoms with Crippen molar-refractivity contribution in [3.05, 3.63) is 87.9 Å². The van der Waals surface area contributed by atoms with E-state index in [0.29, 0.717) is 39.3 Å². The Labute approximate surface area is 177 Å². The molecule has 5 nitrogen and oxygen atoms in total. The average Bonchev–Trinajstić information content (AvgIpc) is 2.71. The van der Waals surface area contributed by atoms with Gasteiger partial charge in [-0.15, -0.1) is 0 Å². The molecule has 0 aromatic heterocycles. The first kappa shape index (κ1) is 19.3. The van der Waals surface area contributed by atoms with E-state index in [1.807, 2.05) is 18.2 Å². The predicted octanol–water partition coefficient (Wildman–Crippen LogP) is 5.17. The summed E-state index contributed by atoms with van der Waals surface area (Å²) in [6, 6.07) is 19.2. The van der Waals surface area contributed by atoms with Crippen LogP contribution in [0, 0.1) is 0 Å². The summed E-state index contributed by atoms with van der Waals surface area (Å²) in [6.07, 6.45) is 0. The fourth-order valence-electron chi connectivity index (χ4n) is 3.08. The summed E-state index contributed by atoms with van der Waals surface area (Å²) in [5, 5.41) is 3.89. The number of rotatable bonds is 4. The number of hydrogen-bond donors (Lipinski definition) is 1. The summed E-state index contributed by atoms with van der Waals surface area (Å²) in [7, 11) is 0. The van der Waals surface area contributed by atoms with Crippen LogP contribution in [0.4, 0.5) is 11.4 Å². The number of amides is 2. The highest BCUT2D eigenvalue weighted by molar-refractivity contribution is 6.31. The van der Waals surface area contributed by atoms with Gasteiger partial charge in [0.1, 0.15) is 5.75 Å². The van der Waals surface area contributed by atoms with Gasteiger partial charge in [-0.2, -0.15) is 0 Å². The number of halogens is 2. The van der Waals surface area contributed by atoms with Crippen LogP contribution in [0.2, 0.25) is 10.0 Å². The van der Waals surface area contributed by atoms with Gasteiger partial charge in [0.2, 0.25) is 0 Å². The molecule has 0 fully saturated rings. The average molecular weight is 427 g/mol. The molecule has 0 atom stereocenters. The first-order valence-corrected chi connectivity index (χ1v) is 9.64. The maximum absolute atomic E-state index is 12.5. The van der Waals surface area contributed by atoms with Gasteiger partial charge in [-0.1, -0.05) is 47.5 Å². The molecule has 7 heteroatoms. The van der Waals surface area contributed by atoms with E-state index in [4.69, 9.17) is 27.9 Å². The van der Waals surface area contributed by atoms with Crippen LogP contribution in [-0.2, 0) is 11.3 Å². The number of fused-ring (bicyclic) bond motifs is 1. The minimum atomic E-state index is -0.298. The molecule has 0 radical (unpaired) electrons. The van der Waals surface area contributed by atoms with E-state index in [0.717, 1.165) is 5.56 Å². The first-order chi connectivity index (χ1) is 14.0. The predicted molar refractivity (Wildman–Crippen MR) is 114 cm³/mol. The van der Waals surface area contributed by atoms with Crippen molar-refractivity contribution in [1.29, 1.82) is 0 Å². The van der Waals surface area contributed by atoms with Crippen molar-refractivity contribution in [3.8, 4) is 5.75 Å². The number of hydrogen-bond acceptors (Lipinski definition) is 3. The normalized spacial score (nSPS) is 12.9. The van der Waals surface area contributed by atoms with Gasteiger partial charge in [-0.25, -0.2) is 0 Å². The molecule has 1 aliphatic rings. The number of anilines is 2.